The molecule has 0 bridgehead atoms. The molecule has 7 heterocycles. The maximum Gasteiger partial charge on any atom is 0.493 e. The Kier molecular flexibility index (Phi) is 32.1. The van der Waals surface area contributed by atoms with Gasteiger partial charge in [-0.25, -0.2) is 34.3 Å². The van der Waals surface area contributed by atoms with Gasteiger partial charge in [-0.1, -0.05) is 151 Å². The van der Waals surface area contributed by atoms with Gasteiger partial charge in [0.1, 0.15) is 50.6 Å². The molecule has 1 aliphatic rings. The van der Waals surface area contributed by atoms with Crippen LogP contribution in [0.5, 0.6) is 23.0 Å². The van der Waals surface area contributed by atoms with Crippen LogP contribution in [-0.2, 0) is 9.31 Å². The molecule has 6 aromatic carbocycles. The number of hydrogen-bond donors (Lipinski definition) is 7. The fourth-order valence-electron chi connectivity index (χ4n) is 8.90. The monoisotopic (exact) mass is 1460 g/mol. The van der Waals surface area contributed by atoms with Crippen molar-refractivity contribution in [1.29, 1.82) is 0 Å². The molecule has 1 fully saturated rings. The largest absolute Gasteiger partial charge is 0.618 e. The van der Waals surface area contributed by atoms with Crippen LogP contribution in [0.15, 0.2) is 284 Å². The summed E-state index contributed by atoms with van der Waals surface area (Å²) in [5.74, 6) is -0.446. The summed E-state index contributed by atoms with van der Waals surface area (Å²) in [5.41, 5.74) is 22.8. The third kappa shape index (κ3) is 26.0. The second kappa shape index (κ2) is 41.7. The van der Waals surface area contributed by atoms with Crippen LogP contribution >= 0.6 is 15.9 Å². The van der Waals surface area contributed by atoms with Crippen LogP contribution < -0.4 is 46.9 Å². The molecule has 13 rings (SSSR count). The Morgan fingerprint density at radius 3 is 1.34 bits per heavy atom. The van der Waals surface area contributed by atoms with Crippen molar-refractivity contribution in [3.63, 3.8) is 0 Å². The SMILES string of the molecule is CC.CC.CC1(C)COB(c2ccccc2)OC1.Nc1cc(Oc2ccc(NC(=O)c3cccc(-c4ccccc4)[n+]3[O-])cc2)ccn1.Nc1ccc(Oc2ccnc(N)c2)cc1.O=C(O)c1cccc(-c2ccccc2)[n+]1[O-].O=C(O)c1cccc(-c2ccccc2)n1.O=C(O)c1cccc(Br)n1. The predicted molar refractivity (Wildman–Crippen MR) is 407 cm³/mol. The number of nitrogens with two attached hydrogens (primary N) is 3. The standard InChI is InChI=1S/C23H18N4O3.C12H9NO3.C12H9NO2.C11H15BO2.C11H11N3O.C6H4BrNO2.2C2H6/c24-22-15-19(13-14-25-22)30-18-11-9-17(10-12-18)26-23(28)21-8-4-7-20(27(21)29)16-5-2-1-3-6-16;14-12(15)11-8-4-7-10(13(11)16)9-5-2-1-3-6-9;14-12(15)11-8-4-7-10(13-11)9-5-2-1-3-6-9;1-11(2)8-13-12(14-9-11)10-6-4-3-5-7-10;12-8-1-3-9(4-2-8)15-10-5-6-14-11(13)7-10;7-5-3-1-2-4(8-5)6(9)10;2*1-2/h1-15H,(H2,24,25)(H,26,28);1-8H,(H,14,15);1-8H,(H,14,15);3-7H,8-9H2,1-2H3;1-7H,12H2,(H2,13,14);1-3H,(H,9,10);2*1-2H3. The van der Waals surface area contributed by atoms with Crippen molar-refractivity contribution >= 4 is 75.3 Å². The number of halogens is 1. The van der Waals surface area contributed by atoms with Gasteiger partial charge in [0.15, 0.2) is 0 Å². The summed E-state index contributed by atoms with van der Waals surface area (Å²) < 4.78 is 24.2. The lowest BCUT2D eigenvalue weighted by Crippen LogP contribution is -2.47. The molecular weight excluding hydrogens is 1390 g/mol. The average Bonchev–Trinajstić information content (AvgIpc) is 0.825. The van der Waals surface area contributed by atoms with E-state index < -0.39 is 23.8 Å². The number of carboxylic acid groups (broad SMARTS) is 3. The van der Waals surface area contributed by atoms with Gasteiger partial charge in [-0.05, 0) is 143 Å². The minimum absolute atomic E-state index is 0.00365. The Morgan fingerprint density at radius 1 is 0.481 bits per heavy atom. The van der Waals surface area contributed by atoms with Gasteiger partial charge in [0.25, 0.3) is 5.69 Å². The molecule has 1 amide bonds. The molecule has 0 saturated carbocycles. The van der Waals surface area contributed by atoms with E-state index in [1.54, 1.807) is 158 Å². The summed E-state index contributed by atoms with van der Waals surface area (Å²) in [6.45, 7) is 13.8. The lowest BCUT2D eigenvalue weighted by molar-refractivity contribution is -0.596. The van der Waals surface area contributed by atoms with Crippen LogP contribution in [0.25, 0.3) is 33.8 Å². The van der Waals surface area contributed by atoms with Crippen molar-refractivity contribution in [2.24, 2.45) is 5.41 Å². The van der Waals surface area contributed by atoms with E-state index in [2.05, 4.69) is 55.0 Å². The number of benzene rings is 6. The number of carboxylic acids is 3. The number of carbonyl (C=O) groups excluding carboxylic acids is 1. The van der Waals surface area contributed by atoms with Crippen LogP contribution in [0, 0.1) is 15.8 Å². The molecule has 104 heavy (non-hydrogen) atoms. The fraction of sp³-hybridized carbons (Fsp3) is 0.114. The Hall–Kier alpha value is -12.8. The molecule has 0 spiro atoms. The number of nitrogen functional groups attached to an aromatic ring is 3. The molecule has 0 atom stereocenters. The zero-order chi connectivity index (χ0) is 75.4. The van der Waals surface area contributed by atoms with Gasteiger partial charge in [-0.3, -0.25) is 4.79 Å². The van der Waals surface area contributed by atoms with E-state index in [0.717, 1.165) is 35.6 Å². The first kappa shape index (κ1) is 80.1. The number of carbonyl (C=O) groups is 4. The highest BCUT2D eigenvalue weighted by molar-refractivity contribution is 9.10. The zero-order valence-electron chi connectivity index (χ0n) is 57.8. The van der Waals surface area contributed by atoms with Crippen molar-refractivity contribution in [1.82, 2.24) is 19.9 Å². The Bertz CT molecular complexity index is 4650. The predicted octanol–water partition coefficient (Wildman–Crippen LogP) is 15.2. The smallest absolute Gasteiger partial charge is 0.493 e. The summed E-state index contributed by atoms with van der Waals surface area (Å²) in [6, 6.07) is 77.3. The van der Waals surface area contributed by atoms with Gasteiger partial charge in [0.2, 0.25) is 11.4 Å². The molecule has 0 radical (unpaired) electrons. The Balaban J connectivity index is 0.000000201. The average molecular weight is 1470 g/mol. The Morgan fingerprint density at radius 2 is 0.894 bits per heavy atom. The van der Waals surface area contributed by atoms with Gasteiger partial charge in [-0.15, -0.1) is 0 Å². The quantitative estimate of drug-likeness (QED) is 0.0185. The van der Waals surface area contributed by atoms with Gasteiger partial charge < -0.3 is 67.0 Å². The Labute approximate surface area is 611 Å². The summed E-state index contributed by atoms with van der Waals surface area (Å²) in [6.07, 6.45) is 3.16. The van der Waals surface area contributed by atoms with Gasteiger partial charge in [0.05, 0.1) is 5.69 Å². The maximum absolute atomic E-state index is 12.7. The van der Waals surface area contributed by atoms with E-state index in [1.807, 2.05) is 125 Å². The lowest BCUT2D eigenvalue weighted by atomic mass is 9.76. The molecule has 0 unspecified atom stereocenters. The summed E-state index contributed by atoms with van der Waals surface area (Å²) in [4.78, 5) is 59.9. The van der Waals surface area contributed by atoms with Crippen LogP contribution in [-0.4, -0.2) is 79.4 Å². The molecule has 0 aliphatic carbocycles. The number of amides is 1. The fourth-order valence-corrected chi connectivity index (χ4v) is 9.24. The van der Waals surface area contributed by atoms with E-state index in [1.165, 1.54) is 24.3 Å². The van der Waals surface area contributed by atoms with Crippen LogP contribution in [0.1, 0.15) is 83.5 Å². The molecule has 1 saturated heterocycles. The summed E-state index contributed by atoms with van der Waals surface area (Å²) in [7, 11) is -0.177. The molecule has 12 aromatic rings. The first-order valence-corrected chi connectivity index (χ1v) is 33.2. The van der Waals surface area contributed by atoms with Crippen molar-refractivity contribution in [3.05, 3.63) is 317 Å². The molecule has 6 aromatic heterocycles. The maximum atomic E-state index is 12.7. The number of nitrogens with zero attached hydrogens (tertiary/aromatic N) is 6. The van der Waals surface area contributed by atoms with Crippen LogP contribution in [0.2, 0.25) is 0 Å². The number of ether oxygens (including phenoxy) is 2. The van der Waals surface area contributed by atoms with Crippen molar-refractivity contribution in [2.45, 2.75) is 41.5 Å². The zero-order valence-corrected chi connectivity index (χ0v) is 59.4. The first-order chi connectivity index (χ1) is 50.2. The van der Waals surface area contributed by atoms with Gasteiger partial charge in [0, 0.05) is 95.5 Å². The van der Waals surface area contributed by atoms with Crippen molar-refractivity contribution in [3.8, 4) is 56.8 Å². The molecule has 25 heteroatoms. The first-order valence-electron chi connectivity index (χ1n) is 32.4. The van der Waals surface area contributed by atoms with E-state index in [0.29, 0.717) is 77.0 Å². The summed E-state index contributed by atoms with van der Waals surface area (Å²) >= 11 is 3.06. The second-order valence-electron chi connectivity index (χ2n) is 22.1. The van der Waals surface area contributed by atoms with Crippen LogP contribution in [0.4, 0.5) is 23.0 Å². The number of rotatable bonds is 13. The number of aromatic nitrogens is 6. The molecule has 23 nitrogen and oxygen atoms in total. The number of nitrogens with one attached hydrogen (secondary N) is 1. The minimum Gasteiger partial charge on any atom is -0.618 e. The molecular formula is C79H78BBrN10O13. The topological polar surface area (TPSA) is 361 Å². The van der Waals surface area contributed by atoms with E-state index in [9.17, 15) is 29.6 Å². The van der Waals surface area contributed by atoms with E-state index in [-0.39, 0.29) is 35.3 Å². The highest BCUT2D eigenvalue weighted by Crippen LogP contribution is 2.27. The minimum atomic E-state index is -1.23. The number of hydrogen-bond acceptors (Lipinski definition) is 17. The second-order valence-corrected chi connectivity index (χ2v) is 22.9. The van der Waals surface area contributed by atoms with Crippen LogP contribution in [0.3, 0.4) is 0 Å². The van der Waals surface area contributed by atoms with Gasteiger partial charge in [-0.2, -0.15) is 9.46 Å². The number of anilines is 4. The normalized spacial score (nSPS) is 11.2. The number of aromatic carboxylic acids is 3. The molecule has 1 aliphatic heterocycles. The highest BCUT2D eigenvalue weighted by Gasteiger charge is 2.33. The van der Waals surface area contributed by atoms with Crippen molar-refractivity contribution < 1.29 is 62.7 Å². The van der Waals surface area contributed by atoms with E-state index in [4.69, 9.17) is 51.3 Å². The number of pyridine rings is 6. The molecule has 532 valence electrons. The molecule has 10 N–H and O–H groups in total. The van der Waals surface area contributed by atoms with E-state index >= 15 is 0 Å². The third-order valence-corrected chi connectivity index (χ3v) is 14.2. The van der Waals surface area contributed by atoms with Crippen molar-refractivity contribution in [2.75, 3.05) is 35.7 Å². The summed E-state index contributed by atoms with van der Waals surface area (Å²) in [5, 5.41) is 53.2. The third-order valence-electron chi connectivity index (χ3n) is 13.7. The van der Waals surface area contributed by atoms with Gasteiger partial charge >= 0.3 is 36.6 Å². The highest BCUT2D eigenvalue weighted by atomic mass is 79.9. The lowest BCUT2D eigenvalue weighted by Gasteiger charge is -2.33.